The van der Waals surface area contributed by atoms with E-state index < -0.39 is 18.0 Å². The SMILES string of the molecule is COc1ccc2c(c1)C(=O)N(C)C2.O=C1NC(=O)C(C#Cc2ccc(C(=O)N3CCC(N4CCCCC4)CC3)cc2)N1. The van der Waals surface area contributed by atoms with E-state index in [1.165, 1.54) is 32.4 Å². The molecule has 1 atom stereocenters. The lowest BCUT2D eigenvalue weighted by molar-refractivity contribution is -0.119. The summed E-state index contributed by atoms with van der Waals surface area (Å²) in [5.41, 5.74) is 3.19. The van der Waals surface area contributed by atoms with Crippen molar-refractivity contribution in [2.24, 2.45) is 0 Å². The number of piperidine rings is 2. The topological polar surface area (TPSA) is 111 Å². The molecule has 42 heavy (non-hydrogen) atoms. The molecule has 2 aromatic carbocycles. The lowest BCUT2D eigenvalue weighted by atomic mass is 9.99. The van der Waals surface area contributed by atoms with Crippen LogP contribution in [-0.2, 0) is 11.3 Å². The van der Waals surface area contributed by atoms with Crippen LogP contribution in [0.5, 0.6) is 5.75 Å². The second-order valence-corrected chi connectivity index (χ2v) is 11.0. The molecule has 4 aliphatic rings. The number of nitrogens with zero attached hydrogens (tertiary/aromatic N) is 3. The van der Waals surface area contributed by atoms with Gasteiger partial charge in [0.1, 0.15) is 5.75 Å². The van der Waals surface area contributed by atoms with Crippen molar-refractivity contribution in [3.05, 3.63) is 64.7 Å². The zero-order chi connectivity index (χ0) is 29.6. The van der Waals surface area contributed by atoms with Crippen LogP contribution in [0.3, 0.4) is 0 Å². The largest absolute Gasteiger partial charge is 0.497 e. The summed E-state index contributed by atoms with van der Waals surface area (Å²) in [6.45, 7) is 4.72. The van der Waals surface area contributed by atoms with Gasteiger partial charge in [0.15, 0.2) is 6.04 Å². The summed E-state index contributed by atoms with van der Waals surface area (Å²) in [4.78, 5) is 53.2. The Balaban J connectivity index is 0.000000226. The predicted molar refractivity (Wildman–Crippen MR) is 157 cm³/mol. The van der Waals surface area contributed by atoms with Crippen molar-refractivity contribution in [3.8, 4) is 17.6 Å². The second kappa shape index (κ2) is 13.1. The van der Waals surface area contributed by atoms with E-state index in [1.807, 2.05) is 17.0 Å². The summed E-state index contributed by atoms with van der Waals surface area (Å²) in [6.07, 6.45) is 6.03. The van der Waals surface area contributed by atoms with Crippen LogP contribution in [0.2, 0.25) is 0 Å². The standard InChI is InChI=1S/C22H26N4O3.C10H11NO2/c27-20-19(23-22(29)24-20)9-6-16-4-7-17(8-5-16)21(28)26-14-10-18(11-15-26)25-12-2-1-3-13-25;1-11-6-7-3-4-8(13-2)5-9(7)10(11)12/h4-5,7-8,18-19H,1-3,10-15H2,(H2,23,24,27,29);3-5H,6H2,1-2H3. The molecular weight excluding hydrogens is 534 g/mol. The van der Waals surface area contributed by atoms with Crippen molar-refractivity contribution < 1.29 is 23.9 Å². The number of amides is 5. The number of carbonyl (C=O) groups excluding carboxylic acids is 4. The third-order valence-corrected chi connectivity index (χ3v) is 8.23. The maximum absolute atomic E-state index is 12.8. The van der Waals surface area contributed by atoms with Crippen molar-refractivity contribution in [3.63, 3.8) is 0 Å². The quantitative estimate of drug-likeness (QED) is 0.433. The van der Waals surface area contributed by atoms with Gasteiger partial charge in [0.05, 0.1) is 7.11 Å². The minimum absolute atomic E-state index is 0.0593. The van der Waals surface area contributed by atoms with Crippen molar-refractivity contribution >= 4 is 23.8 Å². The zero-order valence-electron chi connectivity index (χ0n) is 24.2. The third-order valence-electron chi connectivity index (χ3n) is 8.23. The van der Waals surface area contributed by atoms with Gasteiger partial charge in [-0.1, -0.05) is 24.3 Å². The molecule has 6 rings (SSSR count). The molecule has 0 bridgehead atoms. The highest BCUT2D eigenvalue weighted by Crippen LogP contribution is 2.25. The number of benzene rings is 2. The van der Waals surface area contributed by atoms with E-state index in [1.54, 1.807) is 49.4 Å². The molecule has 4 heterocycles. The van der Waals surface area contributed by atoms with Gasteiger partial charge in [0.2, 0.25) is 0 Å². The molecule has 3 saturated heterocycles. The Morgan fingerprint density at radius 3 is 2.31 bits per heavy atom. The number of rotatable bonds is 3. The van der Waals surface area contributed by atoms with E-state index >= 15 is 0 Å². The van der Waals surface area contributed by atoms with Gasteiger partial charge >= 0.3 is 6.03 Å². The maximum atomic E-state index is 12.8. The molecule has 5 amide bonds. The molecule has 0 radical (unpaired) electrons. The predicted octanol–water partition coefficient (Wildman–Crippen LogP) is 2.62. The number of hydrogen-bond acceptors (Lipinski definition) is 6. The van der Waals surface area contributed by atoms with Gasteiger partial charge in [-0.05, 0) is 80.7 Å². The first kappa shape index (κ1) is 29.1. The van der Waals surface area contributed by atoms with E-state index in [4.69, 9.17) is 4.74 Å². The molecule has 2 aromatic rings. The molecule has 10 nitrogen and oxygen atoms in total. The number of methoxy groups -OCH3 is 1. The van der Waals surface area contributed by atoms with E-state index in [0.717, 1.165) is 42.8 Å². The summed E-state index contributed by atoms with van der Waals surface area (Å²) >= 11 is 0. The molecule has 220 valence electrons. The van der Waals surface area contributed by atoms with Gasteiger partial charge in [0.25, 0.3) is 17.7 Å². The Bertz CT molecular complexity index is 1400. The molecule has 0 aliphatic carbocycles. The van der Waals surface area contributed by atoms with Gasteiger partial charge < -0.3 is 24.8 Å². The fourth-order valence-corrected chi connectivity index (χ4v) is 5.82. The number of fused-ring (bicyclic) bond motifs is 1. The maximum Gasteiger partial charge on any atom is 0.322 e. The van der Waals surface area contributed by atoms with Gasteiger partial charge in [0, 0.05) is 49.4 Å². The minimum Gasteiger partial charge on any atom is -0.497 e. The smallest absolute Gasteiger partial charge is 0.322 e. The van der Waals surface area contributed by atoms with Crippen LogP contribution in [-0.4, -0.2) is 90.9 Å². The number of hydrogen-bond donors (Lipinski definition) is 2. The normalized spacial score (nSPS) is 20.5. The Morgan fingerprint density at radius 1 is 0.952 bits per heavy atom. The van der Waals surface area contributed by atoms with Crippen LogP contribution in [0.15, 0.2) is 42.5 Å². The highest BCUT2D eigenvalue weighted by molar-refractivity contribution is 6.06. The van der Waals surface area contributed by atoms with Gasteiger partial charge in [-0.25, -0.2) is 4.79 Å². The minimum atomic E-state index is -0.829. The monoisotopic (exact) mass is 571 g/mol. The van der Waals surface area contributed by atoms with Crippen LogP contribution in [0.1, 0.15) is 63.9 Å². The number of ether oxygens (including phenoxy) is 1. The van der Waals surface area contributed by atoms with Crippen LogP contribution in [0, 0.1) is 11.8 Å². The summed E-state index contributed by atoms with van der Waals surface area (Å²) in [5.74, 6) is 6.03. The second-order valence-electron chi connectivity index (χ2n) is 11.0. The van der Waals surface area contributed by atoms with Gasteiger partial charge in [-0.15, -0.1) is 0 Å². The van der Waals surface area contributed by atoms with Crippen LogP contribution in [0.25, 0.3) is 0 Å². The average molecular weight is 572 g/mol. The number of nitrogens with one attached hydrogen (secondary N) is 2. The van der Waals surface area contributed by atoms with Crippen molar-refractivity contribution in [1.82, 2.24) is 25.3 Å². The van der Waals surface area contributed by atoms with Crippen LogP contribution in [0.4, 0.5) is 4.79 Å². The van der Waals surface area contributed by atoms with E-state index in [9.17, 15) is 19.2 Å². The number of urea groups is 1. The number of carbonyl (C=O) groups is 4. The average Bonchev–Trinajstić information content (AvgIpc) is 3.51. The zero-order valence-corrected chi connectivity index (χ0v) is 24.2. The van der Waals surface area contributed by atoms with E-state index in [2.05, 4.69) is 27.4 Å². The Labute approximate surface area is 246 Å². The molecule has 1 unspecified atom stereocenters. The van der Waals surface area contributed by atoms with Gasteiger partial charge in [-0.3, -0.25) is 19.7 Å². The summed E-state index contributed by atoms with van der Waals surface area (Å²) < 4.78 is 5.05. The van der Waals surface area contributed by atoms with Gasteiger partial charge in [-0.2, -0.15) is 0 Å². The molecule has 2 N–H and O–H groups in total. The third kappa shape index (κ3) is 6.74. The van der Waals surface area contributed by atoms with Crippen molar-refractivity contribution in [2.45, 2.75) is 50.7 Å². The summed E-state index contributed by atoms with van der Waals surface area (Å²) in [7, 11) is 3.40. The first-order valence-electron chi connectivity index (χ1n) is 14.5. The first-order valence-corrected chi connectivity index (χ1v) is 14.5. The highest BCUT2D eigenvalue weighted by atomic mass is 16.5. The summed E-state index contributed by atoms with van der Waals surface area (Å²) in [6, 6.07) is 12.0. The number of imide groups is 1. The molecule has 0 saturated carbocycles. The van der Waals surface area contributed by atoms with E-state index in [-0.39, 0.29) is 11.8 Å². The number of likely N-dealkylation sites (tertiary alicyclic amines) is 2. The van der Waals surface area contributed by atoms with Crippen LogP contribution >= 0.6 is 0 Å². The van der Waals surface area contributed by atoms with E-state index in [0.29, 0.717) is 23.7 Å². The molecule has 0 spiro atoms. The highest BCUT2D eigenvalue weighted by Gasteiger charge is 2.29. The Kier molecular flexibility index (Phi) is 9.08. The lowest BCUT2D eigenvalue weighted by Crippen LogP contribution is -2.48. The fraction of sp³-hybridized carbons (Fsp3) is 0.438. The molecular formula is C32H37N5O5. The van der Waals surface area contributed by atoms with Crippen molar-refractivity contribution in [1.29, 1.82) is 0 Å². The molecule has 10 heteroatoms. The first-order chi connectivity index (χ1) is 20.3. The Hall–Kier alpha value is -4.36. The Morgan fingerprint density at radius 2 is 1.67 bits per heavy atom. The van der Waals surface area contributed by atoms with Crippen LogP contribution < -0.4 is 15.4 Å². The molecule has 3 fully saturated rings. The lowest BCUT2D eigenvalue weighted by Gasteiger charge is -2.40. The van der Waals surface area contributed by atoms with Crippen molar-refractivity contribution in [2.75, 3.05) is 40.3 Å². The molecule has 0 aromatic heterocycles. The fourth-order valence-electron chi connectivity index (χ4n) is 5.82. The summed E-state index contributed by atoms with van der Waals surface area (Å²) in [5, 5.41) is 4.58. The molecule has 4 aliphatic heterocycles.